The van der Waals surface area contributed by atoms with Gasteiger partial charge in [0.2, 0.25) is 6.29 Å². The number of rotatable bonds is 8. The minimum atomic E-state index is -0.472. The molecule has 0 fully saturated rings. The molecule has 1 heterocycles. The fourth-order valence-corrected chi connectivity index (χ4v) is 2.74. The van der Waals surface area contributed by atoms with Crippen molar-refractivity contribution in [3.63, 3.8) is 0 Å². The van der Waals surface area contributed by atoms with Crippen LogP contribution in [0.1, 0.15) is 33.6 Å². The second-order valence-electron chi connectivity index (χ2n) is 5.71. The van der Waals surface area contributed by atoms with E-state index in [0.29, 0.717) is 18.9 Å². The molecule has 5 heteroatoms. The number of amides is 1. The van der Waals surface area contributed by atoms with Crippen molar-refractivity contribution in [3.05, 3.63) is 11.8 Å². The molecule has 2 N–H and O–H groups in total. The Balaban J connectivity index is 2.96. The number of allylic oxidation sites excluding steroid dienone is 1. The lowest BCUT2D eigenvalue weighted by atomic mass is 9.78. The maximum atomic E-state index is 12.1. The highest BCUT2D eigenvalue weighted by Gasteiger charge is 2.38. The van der Waals surface area contributed by atoms with Crippen molar-refractivity contribution in [2.45, 2.75) is 39.9 Å². The van der Waals surface area contributed by atoms with Crippen LogP contribution in [0, 0.1) is 30.1 Å². The van der Waals surface area contributed by atoms with Gasteiger partial charge in [-0.15, -0.1) is 6.42 Å². The monoisotopic (exact) mass is 309 g/mol. The Hall–Kier alpha value is -1.51. The molecule has 3 atom stereocenters. The fourth-order valence-electron chi connectivity index (χ4n) is 2.74. The van der Waals surface area contributed by atoms with Crippen LogP contribution >= 0.6 is 0 Å². The lowest BCUT2D eigenvalue weighted by Gasteiger charge is -2.38. The molecule has 0 saturated carbocycles. The largest absolute Gasteiger partial charge is 0.459 e. The fraction of sp³-hybridized carbons (Fsp3) is 0.706. The van der Waals surface area contributed by atoms with Crippen molar-refractivity contribution in [1.29, 1.82) is 0 Å². The molecule has 0 aromatic carbocycles. The van der Waals surface area contributed by atoms with Crippen LogP contribution in [-0.4, -0.2) is 37.1 Å². The van der Waals surface area contributed by atoms with E-state index in [1.54, 1.807) is 0 Å². The number of carbonyl (C=O) groups excluding carboxylic acids is 1. The van der Waals surface area contributed by atoms with Gasteiger partial charge >= 0.3 is 0 Å². The maximum Gasteiger partial charge on any atom is 0.286 e. The summed E-state index contributed by atoms with van der Waals surface area (Å²) >= 11 is 0. The van der Waals surface area contributed by atoms with E-state index in [1.807, 2.05) is 13.0 Å². The Morgan fingerprint density at radius 2 is 2.32 bits per heavy atom. The molecule has 0 unspecified atom stereocenters. The van der Waals surface area contributed by atoms with Crippen molar-refractivity contribution >= 4 is 5.91 Å². The van der Waals surface area contributed by atoms with Gasteiger partial charge in [0.15, 0.2) is 5.76 Å². The van der Waals surface area contributed by atoms with E-state index >= 15 is 0 Å². The van der Waals surface area contributed by atoms with Gasteiger partial charge in [0, 0.05) is 19.1 Å². The topological polar surface area (TPSA) is 67.8 Å². The van der Waals surface area contributed by atoms with Crippen molar-refractivity contribution in [3.8, 4) is 12.3 Å². The quantitative estimate of drug-likeness (QED) is 0.669. The summed E-state index contributed by atoms with van der Waals surface area (Å²) in [6.07, 6.45) is 8.04. The van der Waals surface area contributed by atoms with Crippen molar-refractivity contribution in [2.24, 2.45) is 17.8 Å². The lowest BCUT2D eigenvalue weighted by molar-refractivity contribution is -0.175. The second kappa shape index (κ2) is 9.50. The molecule has 1 aliphatic heterocycles. The Bertz CT molecular complexity index is 425. The zero-order valence-corrected chi connectivity index (χ0v) is 13.7. The zero-order valence-electron chi connectivity index (χ0n) is 13.7. The van der Waals surface area contributed by atoms with Crippen LogP contribution < -0.4 is 5.32 Å². The lowest BCUT2D eigenvalue weighted by Crippen LogP contribution is -2.41. The van der Waals surface area contributed by atoms with E-state index in [4.69, 9.17) is 21.0 Å². The highest BCUT2D eigenvalue weighted by Crippen LogP contribution is 2.36. The zero-order chi connectivity index (χ0) is 16.5. The van der Waals surface area contributed by atoms with Gasteiger partial charge in [-0.3, -0.25) is 4.79 Å². The molecule has 1 aliphatic rings. The van der Waals surface area contributed by atoms with Crippen molar-refractivity contribution in [2.75, 3.05) is 19.8 Å². The normalized spacial score (nSPS) is 24.4. The summed E-state index contributed by atoms with van der Waals surface area (Å²) in [5.41, 5.74) is 0. The first-order valence-corrected chi connectivity index (χ1v) is 7.87. The van der Waals surface area contributed by atoms with E-state index in [0.717, 1.165) is 6.42 Å². The van der Waals surface area contributed by atoms with Crippen molar-refractivity contribution < 1.29 is 19.4 Å². The van der Waals surface area contributed by atoms with Gasteiger partial charge in [-0.2, -0.15) is 0 Å². The third-order valence-corrected chi connectivity index (χ3v) is 3.80. The van der Waals surface area contributed by atoms with Crippen LogP contribution in [0.2, 0.25) is 0 Å². The summed E-state index contributed by atoms with van der Waals surface area (Å²) in [6, 6.07) is 0. The van der Waals surface area contributed by atoms with Gasteiger partial charge < -0.3 is 19.9 Å². The Morgan fingerprint density at radius 3 is 2.86 bits per heavy atom. The first-order valence-electron chi connectivity index (χ1n) is 7.87. The SMILES string of the molecule is C#CCNC(=O)C1=C[C@@H](C(C)C)[C@@H](CCCO)[C@@H](OCC)O1. The maximum absolute atomic E-state index is 12.1. The highest BCUT2D eigenvalue weighted by molar-refractivity contribution is 5.91. The van der Waals surface area contributed by atoms with Gasteiger partial charge in [0.05, 0.1) is 6.54 Å². The standard InChI is InChI=1S/C17H27NO4/c1-5-9-18-16(20)15-11-14(12(3)4)13(8-7-10-19)17(22-15)21-6-2/h1,11-14,17,19H,6-10H2,2-4H3,(H,18,20)/t13-,14+,17+/m1/s1. The Labute approximate surface area is 133 Å². The van der Waals surface area contributed by atoms with Crippen LogP contribution in [0.5, 0.6) is 0 Å². The van der Waals surface area contributed by atoms with E-state index in [2.05, 4.69) is 25.1 Å². The molecule has 22 heavy (non-hydrogen) atoms. The number of hydrogen-bond acceptors (Lipinski definition) is 4. The summed E-state index contributed by atoms with van der Waals surface area (Å²) in [4.78, 5) is 12.1. The molecule has 0 aromatic rings. The molecule has 0 bridgehead atoms. The molecule has 124 valence electrons. The number of aliphatic hydroxyl groups is 1. The number of carbonyl (C=O) groups is 1. The van der Waals surface area contributed by atoms with E-state index < -0.39 is 6.29 Å². The van der Waals surface area contributed by atoms with E-state index in [-0.39, 0.29) is 36.7 Å². The summed E-state index contributed by atoms with van der Waals surface area (Å²) in [5.74, 6) is 2.95. The van der Waals surface area contributed by atoms with Gasteiger partial charge in [-0.05, 0) is 37.7 Å². The summed E-state index contributed by atoms with van der Waals surface area (Å²) in [6.45, 7) is 6.92. The first kappa shape index (κ1) is 18.5. The highest BCUT2D eigenvalue weighted by atomic mass is 16.7. The smallest absolute Gasteiger partial charge is 0.286 e. The molecular weight excluding hydrogens is 282 g/mol. The third-order valence-electron chi connectivity index (χ3n) is 3.80. The molecule has 5 nitrogen and oxygen atoms in total. The van der Waals surface area contributed by atoms with Crippen LogP contribution in [0.4, 0.5) is 0 Å². The summed E-state index contributed by atoms with van der Waals surface area (Å²) < 4.78 is 11.4. The predicted octanol–water partition coefficient (Wildman–Crippen LogP) is 1.67. The Morgan fingerprint density at radius 1 is 1.59 bits per heavy atom. The number of terminal acetylenes is 1. The van der Waals surface area contributed by atoms with Crippen LogP contribution in [0.25, 0.3) is 0 Å². The summed E-state index contributed by atoms with van der Waals surface area (Å²) in [5, 5.41) is 11.7. The molecule has 0 saturated heterocycles. The van der Waals surface area contributed by atoms with Gasteiger partial charge in [0.25, 0.3) is 5.91 Å². The first-order chi connectivity index (χ1) is 10.5. The molecule has 0 radical (unpaired) electrons. The minimum absolute atomic E-state index is 0.122. The molecule has 0 spiro atoms. The molecule has 1 rings (SSSR count). The minimum Gasteiger partial charge on any atom is -0.459 e. The van der Waals surface area contributed by atoms with Crippen molar-refractivity contribution in [1.82, 2.24) is 5.32 Å². The van der Waals surface area contributed by atoms with Gasteiger partial charge in [-0.1, -0.05) is 19.8 Å². The van der Waals surface area contributed by atoms with Crippen LogP contribution in [-0.2, 0) is 14.3 Å². The predicted molar refractivity (Wildman–Crippen MR) is 84.6 cm³/mol. The Kier molecular flexibility index (Phi) is 8.00. The average molecular weight is 309 g/mol. The number of hydrogen-bond donors (Lipinski definition) is 2. The third kappa shape index (κ3) is 5.04. The van der Waals surface area contributed by atoms with Gasteiger partial charge in [-0.25, -0.2) is 0 Å². The number of ether oxygens (including phenoxy) is 2. The van der Waals surface area contributed by atoms with Crippen LogP contribution in [0.15, 0.2) is 11.8 Å². The molecular formula is C17H27NO4. The van der Waals surface area contributed by atoms with Crippen LogP contribution in [0.3, 0.4) is 0 Å². The molecule has 1 amide bonds. The number of nitrogens with one attached hydrogen (secondary N) is 1. The summed E-state index contributed by atoms with van der Waals surface area (Å²) in [7, 11) is 0. The second-order valence-corrected chi connectivity index (χ2v) is 5.71. The number of aliphatic hydroxyl groups excluding tert-OH is 1. The molecule has 0 aromatic heterocycles. The van der Waals surface area contributed by atoms with E-state index in [1.165, 1.54) is 0 Å². The van der Waals surface area contributed by atoms with E-state index in [9.17, 15) is 4.79 Å². The average Bonchev–Trinajstić information content (AvgIpc) is 2.50. The molecule has 0 aliphatic carbocycles. The van der Waals surface area contributed by atoms with Gasteiger partial charge in [0.1, 0.15) is 0 Å².